The summed E-state index contributed by atoms with van der Waals surface area (Å²) >= 11 is 0. The molecule has 0 saturated carbocycles. The molecule has 0 bridgehead atoms. The summed E-state index contributed by atoms with van der Waals surface area (Å²) in [5, 5.41) is 17.7. The van der Waals surface area contributed by atoms with Crippen molar-refractivity contribution in [3.63, 3.8) is 0 Å². The zero-order valence-corrected chi connectivity index (χ0v) is 9.11. The van der Waals surface area contributed by atoms with Crippen LogP contribution >= 0.6 is 0 Å². The number of carboxylic acids is 2. The normalized spacial score (nSPS) is 40.3. The molecule has 0 radical (unpaired) electrons. The van der Waals surface area contributed by atoms with Crippen molar-refractivity contribution in [2.45, 2.75) is 44.8 Å². The third-order valence-corrected chi connectivity index (χ3v) is 3.09. The second kappa shape index (κ2) is 3.48. The summed E-state index contributed by atoms with van der Waals surface area (Å²) in [6.07, 6.45) is 0.280. The van der Waals surface area contributed by atoms with Crippen LogP contribution in [0.4, 0.5) is 0 Å². The second-order valence-corrected chi connectivity index (χ2v) is 4.64. The van der Waals surface area contributed by atoms with Crippen LogP contribution in [0.2, 0.25) is 0 Å². The van der Waals surface area contributed by atoms with Gasteiger partial charge in [0, 0.05) is 0 Å². The number of hydrogen-bond donors (Lipinski definition) is 2. The molecule has 2 N–H and O–H groups in total. The maximum atomic E-state index is 11.0. The SMILES string of the molecule is C[C@@H]1C[C@](C)(CC(=O)O)O[C@@]1(C)C(=O)O. The van der Waals surface area contributed by atoms with E-state index in [-0.39, 0.29) is 12.3 Å². The molecular formula is C10H16O5. The first kappa shape index (κ1) is 12.0. The molecule has 5 nitrogen and oxygen atoms in total. The molecule has 0 aromatic heterocycles. The number of aliphatic carboxylic acids is 2. The summed E-state index contributed by atoms with van der Waals surface area (Å²) in [6.45, 7) is 4.90. The smallest absolute Gasteiger partial charge is 0.335 e. The highest BCUT2D eigenvalue weighted by Crippen LogP contribution is 2.43. The van der Waals surface area contributed by atoms with Crippen molar-refractivity contribution < 1.29 is 24.5 Å². The van der Waals surface area contributed by atoms with Gasteiger partial charge in [-0.15, -0.1) is 0 Å². The third kappa shape index (κ3) is 2.12. The van der Waals surface area contributed by atoms with E-state index in [0.29, 0.717) is 6.42 Å². The van der Waals surface area contributed by atoms with E-state index in [0.717, 1.165) is 0 Å². The van der Waals surface area contributed by atoms with Crippen LogP contribution < -0.4 is 0 Å². The molecule has 0 amide bonds. The molecule has 3 atom stereocenters. The molecule has 0 aromatic carbocycles. The molecule has 15 heavy (non-hydrogen) atoms. The van der Waals surface area contributed by atoms with Gasteiger partial charge in [-0.1, -0.05) is 6.92 Å². The Hall–Kier alpha value is -1.10. The Balaban J connectivity index is 2.87. The van der Waals surface area contributed by atoms with Gasteiger partial charge in [-0.2, -0.15) is 0 Å². The van der Waals surface area contributed by atoms with Crippen molar-refractivity contribution in [1.29, 1.82) is 0 Å². The molecule has 1 aliphatic rings. The first-order valence-electron chi connectivity index (χ1n) is 4.85. The third-order valence-electron chi connectivity index (χ3n) is 3.09. The molecule has 1 saturated heterocycles. The van der Waals surface area contributed by atoms with Gasteiger partial charge in [-0.05, 0) is 26.2 Å². The van der Waals surface area contributed by atoms with Gasteiger partial charge in [-0.25, -0.2) is 4.79 Å². The predicted molar refractivity (Wildman–Crippen MR) is 51.6 cm³/mol. The number of carbonyl (C=O) groups is 2. The molecule has 1 heterocycles. The quantitative estimate of drug-likeness (QED) is 0.738. The van der Waals surface area contributed by atoms with Crippen LogP contribution in [0.1, 0.15) is 33.6 Å². The van der Waals surface area contributed by atoms with Crippen LogP contribution in [0, 0.1) is 5.92 Å². The molecule has 0 spiro atoms. The van der Waals surface area contributed by atoms with Crippen molar-refractivity contribution in [3.8, 4) is 0 Å². The zero-order valence-electron chi connectivity index (χ0n) is 9.11. The van der Waals surface area contributed by atoms with Crippen molar-refractivity contribution >= 4 is 11.9 Å². The van der Waals surface area contributed by atoms with Crippen LogP contribution in [0.5, 0.6) is 0 Å². The average Bonchev–Trinajstić information content (AvgIpc) is 2.21. The predicted octanol–water partition coefficient (Wildman–Crippen LogP) is 1.12. The van der Waals surface area contributed by atoms with Gasteiger partial charge in [0.15, 0.2) is 5.60 Å². The Morgan fingerprint density at radius 1 is 1.40 bits per heavy atom. The Kier molecular flexibility index (Phi) is 2.78. The molecule has 0 aromatic rings. The second-order valence-electron chi connectivity index (χ2n) is 4.64. The van der Waals surface area contributed by atoms with E-state index in [4.69, 9.17) is 14.9 Å². The maximum absolute atomic E-state index is 11.0. The summed E-state index contributed by atoms with van der Waals surface area (Å²) < 4.78 is 5.44. The lowest BCUT2D eigenvalue weighted by molar-refractivity contribution is -0.176. The fourth-order valence-corrected chi connectivity index (χ4v) is 2.18. The van der Waals surface area contributed by atoms with E-state index in [9.17, 15) is 9.59 Å². The minimum absolute atomic E-state index is 0.166. The Morgan fingerprint density at radius 2 is 1.93 bits per heavy atom. The van der Waals surface area contributed by atoms with Crippen LogP contribution in [-0.2, 0) is 14.3 Å². The molecule has 5 heteroatoms. The van der Waals surface area contributed by atoms with Crippen LogP contribution in [0.3, 0.4) is 0 Å². The summed E-state index contributed by atoms with van der Waals surface area (Å²) in [4.78, 5) is 21.7. The number of ether oxygens (including phenoxy) is 1. The molecule has 0 aliphatic carbocycles. The highest BCUT2D eigenvalue weighted by molar-refractivity contribution is 5.78. The first-order chi connectivity index (χ1) is 6.69. The Morgan fingerprint density at radius 3 is 2.27 bits per heavy atom. The Labute approximate surface area is 88.0 Å². The highest BCUT2D eigenvalue weighted by atomic mass is 16.6. The standard InChI is InChI=1S/C10H16O5/c1-6-4-9(2,5-7(11)12)15-10(6,3)8(13)14/h6H,4-5H2,1-3H3,(H,11,12)(H,13,14)/t6-,9-,10-/m1/s1. The highest BCUT2D eigenvalue weighted by Gasteiger charge is 2.54. The van der Waals surface area contributed by atoms with Crippen molar-refractivity contribution in [1.82, 2.24) is 0 Å². The van der Waals surface area contributed by atoms with E-state index in [1.54, 1.807) is 13.8 Å². The average molecular weight is 216 g/mol. The molecule has 1 aliphatic heterocycles. The molecule has 1 fully saturated rings. The van der Waals surface area contributed by atoms with Crippen LogP contribution in [0.15, 0.2) is 0 Å². The van der Waals surface area contributed by atoms with Gasteiger partial charge in [0.1, 0.15) is 0 Å². The van der Waals surface area contributed by atoms with Gasteiger partial charge in [0.25, 0.3) is 0 Å². The van der Waals surface area contributed by atoms with Gasteiger partial charge >= 0.3 is 11.9 Å². The number of carboxylic acid groups (broad SMARTS) is 2. The monoisotopic (exact) mass is 216 g/mol. The largest absolute Gasteiger partial charge is 0.481 e. The molecule has 1 rings (SSSR count). The molecular weight excluding hydrogens is 200 g/mol. The molecule has 86 valence electrons. The van der Waals surface area contributed by atoms with Crippen LogP contribution in [0.25, 0.3) is 0 Å². The van der Waals surface area contributed by atoms with Gasteiger partial charge < -0.3 is 14.9 Å². The van der Waals surface area contributed by atoms with Crippen molar-refractivity contribution in [2.75, 3.05) is 0 Å². The summed E-state index contributed by atoms with van der Waals surface area (Å²) in [6, 6.07) is 0. The van der Waals surface area contributed by atoms with E-state index in [1.807, 2.05) is 0 Å². The summed E-state index contributed by atoms with van der Waals surface area (Å²) in [5.74, 6) is -2.21. The van der Waals surface area contributed by atoms with Crippen LogP contribution in [-0.4, -0.2) is 33.4 Å². The van der Waals surface area contributed by atoms with E-state index >= 15 is 0 Å². The van der Waals surface area contributed by atoms with Crippen molar-refractivity contribution in [2.24, 2.45) is 5.92 Å². The summed E-state index contributed by atoms with van der Waals surface area (Å²) in [5.41, 5.74) is -2.15. The van der Waals surface area contributed by atoms with Crippen molar-refractivity contribution in [3.05, 3.63) is 0 Å². The lowest BCUT2D eigenvalue weighted by atomic mass is 9.86. The topological polar surface area (TPSA) is 83.8 Å². The minimum Gasteiger partial charge on any atom is -0.481 e. The number of hydrogen-bond acceptors (Lipinski definition) is 3. The molecule has 0 unspecified atom stereocenters. The van der Waals surface area contributed by atoms with E-state index in [1.165, 1.54) is 6.92 Å². The Bertz CT molecular complexity index is 300. The minimum atomic E-state index is -1.27. The fourth-order valence-electron chi connectivity index (χ4n) is 2.18. The van der Waals surface area contributed by atoms with Gasteiger partial charge in [0.05, 0.1) is 12.0 Å². The fraction of sp³-hybridized carbons (Fsp3) is 0.800. The van der Waals surface area contributed by atoms with E-state index in [2.05, 4.69) is 0 Å². The zero-order chi connectivity index (χ0) is 11.9. The first-order valence-corrected chi connectivity index (χ1v) is 4.85. The van der Waals surface area contributed by atoms with Gasteiger partial charge in [0.2, 0.25) is 0 Å². The van der Waals surface area contributed by atoms with Gasteiger partial charge in [-0.3, -0.25) is 4.79 Å². The number of rotatable bonds is 3. The lowest BCUT2D eigenvalue weighted by Crippen LogP contribution is -2.42. The maximum Gasteiger partial charge on any atom is 0.335 e. The van der Waals surface area contributed by atoms with E-state index < -0.39 is 23.1 Å². The lowest BCUT2D eigenvalue weighted by Gasteiger charge is -2.27. The summed E-state index contributed by atoms with van der Waals surface area (Å²) in [7, 11) is 0.